The molecule has 1 atom stereocenters. The van der Waals surface area contributed by atoms with Gasteiger partial charge in [0.05, 0.1) is 11.6 Å². The SMILES string of the molecule is CC(C)(C)OC(=O)N1CCCC(n2nnc3c(Br)cccc32)C1. The fourth-order valence-electron chi connectivity index (χ4n) is 2.85. The van der Waals surface area contributed by atoms with E-state index in [-0.39, 0.29) is 12.1 Å². The van der Waals surface area contributed by atoms with Gasteiger partial charge in [-0.25, -0.2) is 9.48 Å². The second-order valence-electron chi connectivity index (χ2n) is 6.86. The molecule has 1 saturated heterocycles. The number of amides is 1. The van der Waals surface area contributed by atoms with Gasteiger partial charge in [0, 0.05) is 17.6 Å². The maximum Gasteiger partial charge on any atom is 0.410 e. The Hall–Kier alpha value is -1.63. The summed E-state index contributed by atoms with van der Waals surface area (Å²) < 4.78 is 8.34. The van der Waals surface area contributed by atoms with Crippen LogP contribution in [0, 0.1) is 0 Å². The molecular weight excluding hydrogens is 360 g/mol. The van der Waals surface area contributed by atoms with Gasteiger partial charge >= 0.3 is 6.09 Å². The van der Waals surface area contributed by atoms with Crippen LogP contribution < -0.4 is 0 Å². The maximum atomic E-state index is 12.3. The van der Waals surface area contributed by atoms with Crippen molar-refractivity contribution in [3.63, 3.8) is 0 Å². The van der Waals surface area contributed by atoms with Crippen LogP contribution in [0.2, 0.25) is 0 Å². The van der Waals surface area contributed by atoms with Gasteiger partial charge in [-0.3, -0.25) is 0 Å². The van der Waals surface area contributed by atoms with E-state index in [1.807, 2.05) is 43.7 Å². The van der Waals surface area contributed by atoms with Crippen molar-refractivity contribution < 1.29 is 9.53 Å². The zero-order valence-corrected chi connectivity index (χ0v) is 15.2. The molecule has 0 bridgehead atoms. The van der Waals surface area contributed by atoms with Crippen molar-refractivity contribution in [3.8, 4) is 0 Å². The Balaban J connectivity index is 1.80. The van der Waals surface area contributed by atoms with Gasteiger partial charge in [-0.15, -0.1) is 5.10 Å². The third-order valence-electron chi connectivity index (χ3n) is 3.85. The highest BCUT2D eigenvalue weighted by Crippen LogP contribution is 2.28. The predicted octanol–water partition coefficient (Wildman–Crippen LogP) is 3.77. The number of fused-ring (bicyclic) bond motifs is 1. The van der Waals surface area contributed by atoms with E-state index in [2.05, 4.69) is 26.2 Å². The molecule has 2 heterocycles. The lowest BCUT2D eigenvalue weighted by molar-refractivity contribution is 0.0168. The number of carbonyl (C=O) groups excluding carboxylic acids is 1. The molecule has 0 aliphatic carbocycles. The van der Waals surface area contributed by atoms with Crippen LogP contribution >= 0.6 is 15.9 Å². The van der Waals surface area contributed by atoms with Crippen molar-refractivity contribution in [2.24, 2.45) is 0 Å². The van der Waals surface area contributed by atoms with E-state index in [0.29, 0.717) is 6.54 Å². The number of ether oxygens (including phenoxy) is 1. The van der Waals surface area contributed by atoms with E-state index >= 15 is 0 Å². The lowest BCUT2D eigenvalue weighted by Gasteiger charge is -2.34. The van der Waals surface area contributed by atoms with Crippen LogP contribution in [0.25, 0.3) is 11.0 Å². The number of piperidine rings is 1. The van der Waals surface area contributed by atoms with Gasteiger partial charge < -0.3 is 9.64 Å². The Labute approximate surface area is 143 Å². The Bertz CT molecular complexity index is 722. The van der Waals surface area contributed by atoms with E-state index in [1.54, 1.807) is 4.90 Å². The predicted molar refractivity (Wildman–Crippen MR) is 91.3 cm³/mol. The molecule has 7 heteroatoms. The molecule has 23 heavy (non-hydrogen) atoms. The monoisotopic (exact) mass is 380 g/mol. The van der Waals surface area contributed by atoms with E-state index in [4.69, 9.17) is 4.74 Å². The number of aromatic nitrogens is 3. The van der Waals surface area contributed by atoms with Gasteiger partial charge in [0.1, 0.15) is 11.1 Å². The van der Waals surface area contributed by atoms with Crippen LogP contribution in [0.5, 0.6) is 0 Å². The minimum atomic E-state index is -0.477. The second kappa shape index (κ2) is 6.11. The summed E-state index contributed by atoms with van der Waals surface area (Å²) in [7, 11) is 0. The number of halogens is 1. The Morgan fingerprint density at radius 3 is 2.91 bits per heavy atom. The third-order valence-corrected chi connectivity index (χ3v) is 4.49. The van der Waals surface area contributed by atoms with E-state index in [0.717, 1.165) is 34.9 Å². The van der Waals surface area contributed by atoms with E-state index in [9.17, 15) is 4.79 Å². The Kier molecular flexibility index (Phi) is 4.31. The van der Waals surface area contributed by atoms with Crippen molar-refractivity contribution >= 4 is 33.1 Å². The van der Waals surface area contributed by atoms with Crippen LogP contribution in [0.1, 0.15) is 39.7 Å². The zero-order valence-electron chi connectivity index (χ0n) is 13.6. The van der Waals surface area contributed by atoms with Crippen LogP contribution in [0.3, 0.4) is 0 Å². The Morgan fingerprint density at radius 1 is 1.39 bits per heavy atom. The molecule has 1 aliphatic rings. The average Bonchev–Trinajstić information content (AvgIpc) is 2.91. The highest BCUT2D eigenvalue weighted by molar-refractivity contribution is 9.10. The number of hydrogen-bond acceptors (Lipinski definition) is 4. The molecule has 0 radical (unpaired) electrons. The average molecular weight is 381 g/mol. The number of nitrogens with zero attached hydrogens (tertiary/aromatic N) is 4. The molecule has 1 amide bonds. The lowest BCUT2D eigenvalue weighted by Crippen LogP contribution is -2.43. The minimum absolute atomic E-state index is 0.121. The lowest BCUT2D eigenvalue weighted by atomic mass is 10.1. The molecular formula is C16H21BrN4O2. The van der Waals surface area contributed by atoms with Crippen LogP contribution in [-0.2, 0) is 4.74 Å². The van der Waals surface area contributed by atoms with Gasteiger partial charge in [0.25, 0.3) is 0 Å². The van der Waals surface area contributed by atoms with Crippen molar-refractivity contribution in [3.05, 3.63) is 22.7 Å². The highest BCUT2D eigenvalue weighted by Gasteiger charge is 2.29. The number of likely N-dealkylation sites (tertiary alicyclic amines) is 1. The minimum Gasteiger partial charge on any atom is -0.444 e. The van der Waals surface area contributed by atoms with Crippen molar-refractivity contribution in [1.29, 1.82) is 0 Å². The number of benzene rings is 1. The van der Waals surface area contributed by atoms with Crippen LogP contribution in [0.4, 0.5) is 4.79 Å². The number of carbonyl (C=O) groups is 1. The van der Waals surface area contributed by atoms with Gasteiger partial charge in [0.15, 0.2) is 0 Å². The summed E-state index contributed by atoms with van der Waals surface area (Å²) in [6.45, 7) is 6.97. The highest BCUT2D eigenvalue weighted by atomic mass is 79.9. The molecule has 0 N–H and O–H groups in total. The van der Waals surface area contributed by atoms with E-state index < -0.39 is 5.60 Å². The molecule has 1 unspecified atom stereocenters. The molecule has 1 aromatic carbocycles. The fraction of sp³-hybridized carbons (Fsp3) is 0.562. The summed E-state index contributed by atoms with van der Waals surface area (Å²) in [5, 5.41) is 8.56. The third kappa shape index (κ3) is 3.49. The molecule has 124 valence electrons. The maximum absolute atomic E-state index is 12.3. The van der Waals surface area contributed by atoms with Gasteiger partial charge in [-0.1, -0.05) is 11.3 Å². The van der Waals surface area contributed by atoms with Crippen molar-refractivity contribution in [2.45, 2.75) is 45.3 Å². The zero-order chi connectivity index (χ0) is 16.6. The molecule has 1 aliphatic heterocycles. The molecule has 3 rings (SSSR count). The standard InChI is InChI=1S/C16H21BrN4O2/c1-16(2,3)23-15(22)20-9-5-6-11(10-20)21-13-8-4-7-12(17)14(13)18-19-21/h4,7-8,11H,5-6,9-10H2,1-3H3. The first-order chi connectivity index (χ1) is 10.8. The molecule has 1 aromatic heterocycles. The largest absolute Gasteiger partial charge is 0.444 e. The summed E-state index contributed by atoms with van der Waals surface area (Å²) >= 11 is 3.50. The summed E-state index contributed by atoms with van der Waals surface area (Å²) in [5.74, 6) is 0. The smallest absolute Gasteiger partial charge is 0.410 e. The fourth-order valence-corrected chi connectivity index (χ4v) is 3.28. The molecule has 2 aromatic rings. The van der Waals surface area contributed by atoms with Gasteiger partial charge in [-0.2, -0.15) is 0 Å². The topological polar surface area (TPSA) is 60.2 Å². The molecule has 6 nitrogen and oxygen atoms in total. The summed E-state index contributed by atoms with van der Waals surface area (Å²) in [5.41, 5.74) is 1.35. The van der Waals surface area contributed by atoms with Crippen LogP contribution in [-0.4, -0.2) is 44.7 Å². The van der Waals surface area contributed by atoms with Crippen molar-refractivity contribution in [1.82, 2.24) is 19.9 Å². The molecule has 0 spiro atoms. The van der Waals surface area contributed by atoms with Crippen LogP contribution in [0.15, 0.2) is 22.7 Å². The quantitative estimate of drug-likeness (QED) is 0.755. The first kappa shape index (κ1) is 16.2. The number of rotatable bonds is 1. The molecule has 1 fully saturated rings. The van der Waals surface area contributed by atoms with Gasteiger partial charge in [0.2, 0.25) is 0 Å². The van der Waals surface area contributed by atoms with Gasteiger partial charge in [-0.05, 0) is 61.7 Å². The molecule has 0 saturated carbocycles. The summed E-state index contributed by atoms with van der Waals surface area (Å²) in [6.07, 6.45) is 1.65. The Morgan fingerprint density at radius 2 is 2.17 bits per heavy atom. The number of hydrogen-bond donors (Lipinski definition) is 0. The summed E-state index contributed by atoms with van der Waals surface area (Å²) in [4.78, 5) is 14.1. The summed E-state index contributed by atoms with van der Waals surface area (Å²) in [6, 6.07) is 6.05. The van der Waals surface area contributed by atoms with Crippen molar-refractivity contribution in [2.75, 3.05) is 13.1 Å². The first-order valence-corrected chi connectivity index (χ1v) is 8.62. The normalized spacial score (nSPS) is 19.1. The van der Waals surface area contributed by atoms with E-state index in [1.165, 1.54) is 0 Å². The first-order valence-electron chi connectivity index (χ1n) is 7.82. The second-order valence-corrected chi connectivity index (χ2v) is 7.72.